The van der Waals surface area contributed by atoms with Crippen LogP contribution >= 0.6 is 0 Å². The summed E-state index contributed by atoms with van der Waals surface area (Å²) in [4.78, 5) is 3.22. The van der Waals surface area contributed by atoms with Gasteiger partial charge in [0.25, 0.3) is 0 Å². The van der Waals surface area contributed by atoms with Crippen molar-refractivity contribution in [1.29, 1.82) is 0 Å². The maximum Gasteiger partial charge on any atom is 0.0870 e. The van der Waals surface area contributed by atoms with Crippen molar-refractivity contribution in [1.82, 2.24) is 0 Å². The zero-order valence-electron chi connectivity index (χ0n) is 20.4. The van der Waals surface area contributed by atoms with Crippen LogP contribution in [-0.2, 0) is 4.74 Å². The van der Waals surface area contributed by atoms with Crippen LogP contribution in [0.1, 0.15) is 13.3 Å². The molecule has 0 amide bonds. The minimum atomic E-state index is -1.33. The first-order valence-electron chi connectivity index (χ1n) is 10.7. The third-order valence-electron chi connectivity index (χ3n) is 4.84. The fraction of sp³-hybridized carbons (Fsp3) is 0.636. The van der Waals surface area contributed by atoms with E-state index in [0.717, 1.165) is 47.2 Å². The van der Waals surface area contributed by atoms with Crippen molar-refractivity contribution < 1.29 is 4.74 Å². The number of allylic oxidation sites excluding steroid dienone is 2. The fourth-order valence-corrected chi connectivity index (χ4v) is 20.2. The highest BCUT2D eigenvalue weighted by atomic mass is 28.4. The number of hydrogen-bond donors (Lipinski definition) is 0. The Kier molecular flexibility index (Phi) is 13.5. The molecule has 0 fully saturated rings. The van der Waals surface area contributed by atoms with Crippen molar-refractivity contribution in [2.75, 3.05) is 6.61 Å². The highest BCUT2D eigenvalue weighted by Crippen LogP contribution is 2.24. The molecule has 29 heavy (non-hydrogen) atoms. The third-order valence-corrected chi connectivity index (χ3v) is 28.5. The minimum absolute atomic E-state index is 0.821. The Morgan fingerprint density at radius 1 is 0.828 bits per heavy atom. The number of rotatable bonds is 16. The predicted molar refractivity (Wildman–Crippen MR) is 148 cm³/mol. The van der Waals surface area contributed by atoms with Crippen molar-refractivity contribution in [2.45, 2.75) is 82.2 Å². The van der Waals surface area contributed by atoms with E-state index in [0.29, 0.717) is 0 Å². The van der Waals surface area contributed by atoms with Crippen LogP contribution in [0.5, 0.6) is 0 Å². The SMILES string of the molecule is C=C(C)C=COCCC[Si]C[Si](C)(C)C(=C)[Si]C[Si](C)(C)C(=C)[Si]C[Si](C)(C)C. The van der Waals surface area contributed by atoms with Crippen molar-refractivity contribution in [2.24, 2.45) is 0 Å². The summed E-state index contributed by atoms with van der Waals surface area (Å²) in [6, 6.07) is 1.28. The molecule has 0 N–H and O–H groups in total. The molecule has 0 aliphatic heterocycles. The van der Waals surface area contributed by atoms with E-state index in [4.69, 9.17) is 4.74 Å². The molecular weight excluding hydrogens is 449 g/mol. The molecule has 0 aromatic rings. The van der Waals surface area contributed by atoms with Gasteiger partial charge in [0.2, 0.25) is 0 Å². The highest BCUT2D eigenvalue weighted by molar-refractivity contribution is 7.04. The van der Waals surface area contributed by atoms with E-state index in [1.54, 1.807) is 15.9 Å². The Morgan fingerprint density at radius 2 is 1.34 bits per heavy atom. The number of ether oxygens (including phenoxy) is 1. The Morgan fingerprint density at radius 3 is 1.86 bits per heavy atom. The molecule has 0 bridgehead atoms. The predicted octanol–water partition coefficient (Wildman–Crippen LogP) is 6.75. The first kappa shape index (κ1) is 29.1. The average molecular weight is 493 g/mol. The van der Waals surface area contributed by atoms with E-state index in [1.807, 2.05) is 13.0 Å². The first-order chi connectivity index (χ1) is 13.2. The normalized spacial score (nSPS) is 13.0. The van der Waals surface area contributed by atoms with Gasteiger partial charge in [0.05, 0.1) is 48.1 Å². The van der Waals surface area contributed by atoms with Gasteiger partial charge >= 0.3 is 0 Å². The van der Waals surface area contributed by atoms with Gasteiger partial charge in [0, 0.05) is 17.6 Å². The second-order valence-corrected chi connectivity index (χ2v) is 32.6. The monoisotopic (exact) mass is 492 g/mol. The summed E-state index contributed by atoms with van der Waals surface area (Å²) in [5, 5.41) is 0. The molecular formula is C22H44OSi6. The summed E-state index contributed by atoms with van der Waals surface area (Å²) in [6.45, 7) is 33.3. The minimum Gasteiger partial charge on any atom is -0.501 e. The fourth-order valence-electron chi connectivity index (χ4n) is 2.31. The maximum absolute atomic E-state index is 5.52. The van der Waals surface area contributed by atoms with Crippen LogP contribution in [0, 0.1) is 0 Å². The van der Waals surface area contributed by atoms with Gasteiger partial charge in [-0.1, -0.05) is 81.0 Å². The van der Waals surface area contributed by atoms with Crippen LogP contribution in [-0.4, -0.2) is 59.4 Å². The second-order valence-electron chi connectivity index (χ2n) is 10.5. The quantitative estimate of drug-likeness (QED) is 0.100. The van der Waals surface area contributed by atoms with Crippen molar-refractivity contribution in [3.05, 3.63) is 47.3 Å². The van der Waals surface area contributed by atoms with E-state index in [-0.39, 0.29) is 0 Å². The van der Waals surface area contributed by atoms with Crippen molar-refractivity contribution in [3.63, 3.8) is 0 Å². The van der Waals surface area contributed by atoms with Crippen LogP contribution in [0.2, 0.25) is 68.9 Å². The highest BCUT2D eigenvalue weighted by Gasteiger charge is 2.30. The maximum atomic E-state index is 5.52. The molecule has 6 radical (unpaired) electrons. The molecule has 0 aromatic heterocycles. The first-order valence-corrected chi connectivity index (χ1v) is 24.6. The Hall–Kier alpha value is 0.0613. The summed E-state index contributed by atoms with van der Waals surface area (Å²) in [6.07, 6.45) is 4.85. The van der Waals surface area contributed by atoms with E-state index < -0.39 is 24.2 Å². The molecule has 0 spiro atoms. The molecule has 1 nitrogen and oxygen atoms in total. The summed E-state index contributed by atoms with van der Waals surface area (Å²) in [5.74, 6) is 0. The smallest absolute Gasteiger partial charge is 0.0870 e. The molecule has 0 aromatic carbocycles. The van der Waals surface area contributed by atoms with Gasteiger partial charge in [0.15, 0.2) is 0 Å². The zero-order valence-corrected chi connectivity index (χ0v) is 26.4. The summed E-state index contributed by atoms with van der Waals surface area (Å²) < 4.78 is 5.52. The Bertz CT molecular complexity index is 572. The Labute approximate surface area is 193 Å². The van der Waals surface area contributed by atoms with Gasteiger partial charge in [-0.05, 0) is 19.4 Å². The number of hydrogen-bond acceptors (Lipinski definition) is 1. The summed E-state index contributed by atoms with van der Waals surface area (Å²) in [5.41, 5.74) is 5.21. The van der Waals surface area contributed by atoms with E-state index in [2.05, 4.69) is 65.6 Å². The summed E-state index contributed by atoms with van der Waals surface area (Å²) >= 11 is 0. The van der Waals surface area contributed by atoms with E-state index >= 15 is 0 Å². The van der Waals surface area contributed by atoms with Gasteiger partial charge in [-0.15, -0.1) is 22.8 Å². The van der Waals surface area contributed by atoms with Gasteiger partial charge in [0.1, 0.15) is 0 Å². The van der Waals surface area contributed by atoms with Crippen LogP contribution < -0.4 is 0 Å². The zero-order chi connectivity index (χ0) is 22.7. The summed E-state index contributed by atoms with van der Waals surface area (Å²) in [7, 11) is -0.612. The molecule has 0 aliphatic rings. The van der Waals surface area contributed by atoms with Gasteiger partial charge < -0.3 is 4.74 Å². The van der Waals surface area contributed by atoms with Crippen molar-refractivity contribution >= 4 is 52.8 Å². The van der Waals surface area contributed by atoms with E-state index in [9.17, 15) is 0 Å². The average Bonchev–Trinajstić information content (AvgIpc) is 2.58. The lowest BCUT2D eigenvalue weighted by Gasteiger charge is -2.30. The molecule has 0 heterocycles. The van der Waals surface area contributed by atoms with Gasteiger partial charge in [-0.2, -0.15) is 0 Å². The molecule has 0 unspecified atom stereocenters. The van der Waals surface area contributed by atoms with Crippen LogP contribution in [0.4, 0.5) is 0 Å². The van der Waals surface area contributed by atoms with Gasteiger partial charge in [-0.25, -0.2) is 0 Å². The standard InChI is InChI=1S/C22H44OSi6/c1-20(2)13-15-23-14-12-16-24-17-28(8,9)22(4)26-19-29(10,11)21(3)25-18-27(5,6)7/h13,15H,1,3-4,12,14,16-19H2,2,5-11H3. The second kappa shape index (κ2) is 13.5. The lowest BCUT2D eigenvalue weighted by molar-refractivity contribution is 0.250. The van der Waals surface area contributed by atoms with Gasteiger partial charge in [-0.3, -0.25) is 0 Å². The lowest BCUT2D eigenvalue weighted by atomic mass is 10.3. The lowest BCUT2D eigenvalue weighted by Crippen LogP contribution is -2.39. The van der Waals surface area contributed by atoms with Crippen LogP contribution in [0.25, 0.3) is 0 Å². The topological polar surface area (TPSA) is 9.23 Å². The molecule has 7 heteroatoms. The van der Waals surface area contributed by atoms with E-state index in [1.165, 1.54) is 23.0 Å². The van der Waals surface area contributed by atoms with Crippen LogP contribution in [0.15, 0.2) is 47.3 Å². The molecule has 0 saturated heterocycles. The largest absolute Gasteiger partial charge is 0.501 e. The Balaban J connectivity index is 4.25. The molecule has 0 rings (SSSR count). The van der Waals surface area contributed by atoms with Crippen molar-refractivity contribution in [3.8, 4) is 0 Å². The molecule has 162 valence electrons. The third kappa shape index (κ3) is 14.7. The molecule has 0 aliphatic carbocycles. The molecule has 0 saturated carbocycles. The van der Waals surface area contributed by atoms with Crippen LogP contribution in [0.3, 0.4) is 0 Å². The molecule has 0 atom stereocenters.